The highest BCUT2D eigenvalue weighted by Crippen LogP contribution is 2.39. The first kappa shape index (κ1) is 14.0. The molecular weight excluding hydrogens is 314 g/mol. The Morgan fingerprint density at radius 3 is 2.83 bits per heavy atom. The second-order valence-corrected chi connectivity index (χ2v) is 7.91. The molecule has 0 radical (unpaired) electrons. The summed E-state index contributed by atoms with van der Waals surface area (Å²) in [6.07, 6.45) is 1.69. The lowest BCUT2D eigenvalue weighted by molar-refractivity contribution is 0.463. The number of fused-ring (bicyclic) bond motifs is 1. The van der Waals surface area contributed by atoms with Gasteiger partial charge < -0.3 is 5.32 Å². The zero-order valence-electron chi connectivity index (χ0n) is 10.6. The van der Waals surface area contributed by atoms with Gasteiger partial charge in [-0.05, 0) is 53.9 Å². The van der Waals surface area contributed by atoms with Crippen molar-refractivity contribution in [3.05, 3.63) is 28.2 Å². The van der Waals surface area contributed by atoms with E-state index in [1.165, 1.54) is 0 Å². The lowest BCUT2D eigenvalue weighted by Gasteiger charge is -2.31. The van der Waals surface area contributed by atoms with E-state index in [1.807, 2.05) is 12.1 Å². The summed E-state index contributed by atoms with van der Waals surface area (Å²) in [6, 6.07) is 5.74. The molecule has 3 nitrogen and oxygen atoms in total. The Kier molecular flexibility index (Phi) is 4.14. The van der Waals surface area contributed by atoms with E-state index in [2.05, 4.69) is 28.2 Å². The molecule has 0 saturated carbocycles. The van der Waals surface area contributed by atoms with Crippen LogP contribution in [-0.2, 0) is 9.84 Å². The number of hydrogen-bond acceptors (Lipinski definition) is 3. The molecule has 0 spiro atoms. The molecule has 2 unspecified atom stereocenters. The Labute approximate surface area is 117 Å². The average molecular weight is 332 g/mol. The number of halogens is 1. The van der Waals surface area contributed by atoms with Gasteiger partial charge >= 0.3 is 0 Å². The molecule has 2 atom stereocenters. The Bertz CT molecular complexity index is 542. The molecule has 2 rings (SSSR count). The molecule has 1 aliphatic heterocycles. The molecule has 100 valence electrons. The first-order valence-electron chi connectivity index (χ1n) is 6.24. The largest absolute Gasteiger partial charge is 0.310 e. The number of sulfone groups is 1. The lowest BCUT2D eigenvalue weighted by atomic mass is 10.0. The zero-order valence-corrected chi connectivity index (χ0v) is 13.0. The molecule has 0 fully saturated rings. The first-order chi connectivity index (χ1) is 8.48. The maximum atomic E-state index is 12.4. The summed E-state index contributed by atoms with van der Waals surface area (Å²) in [4.78, 5) is 0.470. The summed E-state index contributed by atoms with van der Waals surface area (Å²) in [7, 11) is -3.20. The van der Waals surface area contributed by atoms with E-state index in [-0.39, 0.29) is 11.3 Å². The van der Waals surface area contributed by atoms with E-state index in [4.69, 9.17) is 0 Å². The van der Waals surface area contributed by atoms with Gasteiger partial charge in [-0.2, -0.15) is 0 Å². The summed E-state index contributed by atoms with van der Waals surface area (Å²) in [5.41, 5.74) is 0.899. The van der Waals surface area contributed by atoms with Crippen LogP contribution in [0.25, 0.3) is 0 Å². The molecule has 0 aromatic heterocycles. The molecular formula is C13H18BrNO2S. The van der Waals surface area contributed by atoms with Crippen molar-refractivity contribution in [3.63, 3.8) is 0 Å². The fourth-order valence-electron chi connectivity index (χ4n) is 2.40. The van der Waals surface area contributed by atoms with Gasteiger partial charge in [0.15, 0.2) is 9.84 Å². The number of hydrogen-bond donors (Lipinski definition) is 1. The summed E-state index contributed by atoms with van der Waals surface area (Å²) in [6.45, 7) is 4.81. The predicted octanol–water partition coefficient (Wildman–Crippen LogP) is 3.06. The van der Waals surface area contributed by atoms with Crippen molar-refractivity contribution >= 4 is 25.8 Å². The highest BCUT2D eigenvalue weighted by atomic mass is 79.9. The van der Waals surface area contributed by atoms with Crippen LogP contribution in [0.15, 0.2) is 27.6 Å². The molecule has 0 saturated heterocycles. The van der Waals surface area contributed by atoms with E-state index in [0.29, 0.717) is 15.8 Å². The van der Waals surface area contributed by atoms with E-state index in [1.54, 1.807) is 13.0 Å². The molecule has 18 heavy (non-hydrogen) atoms. The molecule has 1 heterocycles. The third kappa shape index (κ3) is 2.36. The second-order valence-electron chi connectivity index (χ2n) is 4.76. The van der Waals surface area contributed by atoms with Gasteiger partial charge in [-0.3, -0.25) is 0 Å². The smallest absolute Gasteiger partial charge is 0.182 e. The van der Waals surface area contributed by atoms with Gasteiger partial charge in [0.1, 0.15) is 0 Å². The van der Waals surface area contributed by atoms with Crippen molar-refractivity contribution in [2.24, 2.45) is 0 Å². The summed E-state index contributed by atoms with van der Waals surface area (Å²) in [5, 5.41) is 3.10. The van der Waals surface area contributed by atoms with Crippen LogP contribution in [0.1, 0.15) is 38.3 Å². The fourth-order valence-corrected chi connectivity index (χ4v) is 5.18. The average Bonchev–Trinajstić information content (AvgIpc) is 2.32. The molecule has 0 amide bonds. The summed E-state index contributed by atoms with van der Waals surface area (Å²) in [5.74, 6) is 0. The Morgan fingerprint density at radius 1 is 1.44 bits per heavy atom. The number of nitrogens with one attached hydrogen (secondary N) is 1. The van der Waals surface area contributed by atoms with Crippen LogP contribution < -0.4 is 5.32 Å². The molecule has 0 bridgehead atoms. The van der Waals surface area contributed by atoms with Crippen molar-refractivity contribution < 1.29 is 8.42 Å². The minimum Gasteiger partial charge on any atom is -0.310 e. The van der Waals surface area contributed by atoms with Crippen molar-refractivity contribution in [1.29, 1.82) is 0 Å². The monoisotopic (exact) mass is 331 g/mol. The molecule has 1 N–H and O–H groups in total. The van der Waals surface area contributed by atoms with Gasteiger partial charge in [0.2, 0.25) is 0 Å². The van der Waals surface area contributed by atoms with Gasteiger partial charge in [-0.15, -0.1) is 0 Å². The minimum atomic E-state index is -3.20. The molecule has 1 aliphatic rings. The van der Waals surface area contributed by atoms with Gasteiger partial charge in [-0.25, -0.2) is 8.42 Å². The van der Waals surface area contributed by atoms with Crippen LogP contribution in [0.5, 0.6) is 0 Å². The fraction of sp³-hybridized carbons (Fsp3) is 0.538. The third-order valence-electron chi connectivity index (χ3n) is 3.40. The number of benzene rings is 1. The third-order valence-corrected chi connectivity index (χ3v) is 6.60. The maximum absolute atomic E-state index is 12.4. The van der Waals surface area contributed by atoms with Crippen molar-refractivity contribution in [3.8, 4) is 0 Å². The van der Waals surface area contributed by atoms with Gasteiger partial charge in [0.05, 0.1) is 10.1 Å². The SMILES string of the molecule is CCCNC1CC(C)S(=O)(=O)c2c(Br)cccc21. The van der Waals surface area contributed by atoms with E-state index in [9.17, 15) is 8.42 Å². The van der Waals surface area contributed by atoms with Crippen LogP contribution in [0.4, 0.5) is 0 Å². The second kappa shape index (κ2) is 5.31. The van der Waals surface area contributed by atoms with Gasteiger partial charge in [0.25, 0.3) is 0 Å². The van der Waals surface area contributed by atoms with E-state index < -0.39 is 9.84 Å². The minimum absolute atomic E-state index is 0.135. The molecule has 1 aromatic carbocycles. The maximum Gasteiger partial charge on any atom is 0.182 e. The van der Waals surface area contributed by atoms with Crippen LogP contribution in [0, 0.1) is 0 Å². The van der Waals surface area contributed by atoms with Crippen LogP contribution in [-0.4, -0.2) is 20.2 Å². The normalized spacial score (nSPS) is 25.7. The molecule has 0 aliphatic carbocycles. The van der Waals surface area contributed by atoms with E-state index >= 15 is 0 Å². The standard InChI is InChI=1S/C13H18BrNO2S/c1-3-7-15-12-8-9(2)18(16,17)13-10(12)5-4-6-11(13)14/h4-6,9,12,15H,3,7-8H2,1-2H3. The van der Waals surface area contributed by atoms with Crippen molar-refractivity contribution in [2.45, 2.75) is 42.9 Å². The Hall–Kier alpha value is -0.390. The topological polar surface area (TPSA) is 46.2 Å². The zero-order chi connectivity index (χ0) is 13.3. The van der Waals surface area contributed by atoms with Crippen molar-refractivity contribution in [2.75, 3.05) is 6.54 Å². The lowest BCUT2D eigenvalue weighted by Crippen LogP contribution is -2.35. The Balaban J connectivity index is 2.52. The van der Waals surface area contributed by atoms with Gasteiger partial charge in [-0.1, -0.05) is 19.1 Å². The van der Waals surface area contributed by atoms with Crippen LogP contribution in [0.2, 0.25) is 0 Å². The predicted molar refractivity (Wildman–Crippen MR) is 76.4 cm³/mol. The van der Waals surface area contributed by atoms with Crippen molar-refractivity contribution in [1.82, 2.24) is 5.32 Å². The summed E-state index contributed by atoms with van der Waals surface area (Å²) >= 11 is 3.37. The number of rotatable bonds is 3. The quantitative estimate of drug-likeness (QED) is 0.925. The highest BCUT2D eigenvalue weighted by Gasteiger charge is 2.37. The van der Waals surface area contributed by atoms with Gasteiger partial charge in [0, 0.05) is 10.5 Å². The summed E-state index contributed by atoms with van der Waals surface area (Å²) < 4.78 is 25.4. The Morgan fingerprint density at radius 2 is 2.17 bits per heavy atom. The molecule has 5 heteroatoms. The first-order valence-corrected chi connectivity index (χ1v) is 8.58. The van der Waals surface area contributed by atoms with E-state index in [0.717, 1.165) is 18.5 Å². The van der Waals surface area contributed by atoms with Crippen LogP contribution in [0.3, 0.4) is 0 Å². The van der Waals surface area contributed by atoms with Crippen LogP contribution >= 0.6 is 15.9 Å². The highest BCUT2D eigenvalue weighted by molar-refractivity contribution is 9.10. The molecule has 1 aromatic rings.